The molecule has 0 unspecified atom stereocenters. The molecule has 0 spiro atoms. The van der Waals surface area contributed by atoms with Crippen LogP contribution in [0.15, 0.2) is 36.4 Å². The SMILES string of the molecule is CCCCNc1cc(C(=O)NCCCOC)nc(-c2ccccc2)n1. The lowest BCUT2D eigenvalue weighted by Crippen LogP contribution is -2.26. The molecule has 0 aliphatic carbocycles. The molecule has 134 valence electrons. The van der Waals surface area contributed by atoms with Crippen LogP contribution in [0.1, 0.15) is 36.7 Å². The average Bonchev–Trinajstić information content (AvgIpc) is 2.66. The van der Waals surface area contributed by atoms with Crippen LogP contribution in [-0.2, 0) is 4.74 Å². The van der Waals surface area contributed by atoms with Crippen molar-refractivity contribution in [3.63, 3.8) is 0 Å². The molecule has 2 aromatic rings. The summed E-state index contributed by atoms with van der Waals surface area (Å²) >= 11 is 0. The zero-order chi connectivity index (χ0) is 17.9. The van der Waals surface area contributed by atoms with Gasteiger partial charge < -0.3 is 15.4 Å². The maximum absolute atomic E-state index is 12.4. The Morgan fingerprint density at radius 3 is 2.64 bits per heavy atom. The van der Waals surface area contributed by atoms with Gasteiger partial charge in [0.2, 0.25) is 0 Å². The minimum Gasteiger partial charge on any atom is -0.385 e. The summed E-state index contributed by atoms with van der Waals surface area (Å²) in [7, 11) is 1.65. The van der Waals surface area contributed by atoms with Crippen molar-refractivity contribution in [2.24, 2.45) is 0 Å². The molecule has 0 bridgehead atoms. The Morgan fingerprint density at radius 2 is 1.92 bits per heavy atom. The number of hydrogen-bond acceptors (Lipinski definition) is 5. The normalized spacial score (nSPS) is 10.5. The lowest BCUT2D eigenvalue weighted by atomic mass is 10.2. The van der Waals surface area contributed by atoms with Gasteiger partial charge in [0.25, 0.3) is 5.91 Å². The highest BCUT2D eigenvalue weighted by atomic mass is 16.5. The second-order valence-electron chi connectivity index (χ2n) is 5.71. The van der Waals surface area contributed by atoms with Gasteiger partial charge in [-0.15, -0.1) is 0 Å². The van der Waals surface area contributed by atoms with Crippen molar-refractivity contribution >= 4 is 11.7 Å². The Bertz CT molecular complexity index is 662. The minimum absolute atomic E-state index is 0.200. The fraction of sp³-hybridized carbons (Fsp3) is 0.421. The molecule has 0 atom stereocenters. The summed E-state index contributed by atoms with van der Waals surface area (Å²) in [6.45, 7) is 4.12. The van der Waals surface area contributed by atoms with Crippen molar-refractivity contribution in [2.45, 2.75) is 26.2 Å². The van der Waals surface area contributed by atoms with E-state index in [-0.39, 0.29) is 5.91 Å². The van der Waals surface area contributed by atoms with Gasteiger partial charge in [0, 0.05) is 38.4 Å². The zero-order valence-corrected chi connectivity index (χ0v) is 14.9. The van der Waals surface area contributed by atoms with Gasteiger partial charge in [-0.2, -0.15) is 0 Å². The predicted octanol–water partition coefficient (Wildman–Crippen LogP) is 3.12. The number of nitrogens with zero attached hydrogens (tertiary/aromatic N) is 2. The predicted molar refractivity (Wildman–Crippen MR) is 99.7 cm³/mol. The van der Waals surface area contributed by atoms with Crippen molar-refractivity contribution in [1.82, 2.24) is 15.3 Å². The summed E-state index contributed by atoms with van der Waals surface area (Å²) in [4.78, 5) is 21.4. The lowest BCUT2D eigenvalue weighted by Gasteiger charge is -2.10. The first-order valence-corrected chi connectivity index (χ1v) is 8.70. The Hall–Kier alpha value is -2.47. The van der Waals surface area contributed by atoms with E-state index in [4.69, 9.17) is 4.74 Å². The molecule has 0 saturated carbocycles. The van der Waals surface area contributed by atoms with Crippen LogP contribution in [0, 0.1) is 0 Å². The second-order valence-corrected chi connectivity index (χ2v) is 5.71. The van der Waals surface area contributed by atoms with Crippen molar-refractivity contribution in [3.05, 3.63) is 42.1 Å². The van der Waals surface area contributed by atoms with E-state index in [0.29, 0.717) is 30.5 Å². The summed E-state index contributed by atoms with van der Waals surface area (Å²) in [6, 6.07) is 11.4. The Kier molecular flexibility index (Phi) is 7.85. The van der Waals surface area contributed by atoms with Gasteiger partial charge in [-0.1, -0.05) is 43.7 Å². The van der Waals surface area contributed by atoms with Crippen molar-refractivity contribution in [1.29, 1.82) is 0 Å². The van der Waals surface area contributed by atoms with Gasteiger partial charge in [-0.25, -0.2) is 9.97 Å². The Morgan fingerprint density at radius 1 is 1.12 bits per heavy atom. The van der Waals surface area contributed by atoms with E-state index in [9.17, 15) is 4.79 Å². The molecule has 1 amide bonds. The number of benzene rings is 1. The van der Waals surface area contributed by atoms with Gasteiger partial charge >= 0.3 is 0 Å². The number of rotatable bonds is 10. The molecular weight excluding hydrogens is 316 g/mol. The van der Waals surface area contributed by atoms with Gasteiger partial charge in [0.05, 0.1) is 0 Å². The largest absolute Gasteiger partial charge is 0.385 e. The van der Waals surface area contributed by atoms with Crippen LogP contribution < -0.4 is 10.6 Å². The third-order valence-corrected chi connectivity index (χ3v) is 3.64. The first-order valence-electron chi connectivity index (χ1n) is 8.70. The molecule has 1 aromatic heterocycles. The number of methoxy groups -OCH3 is 1. The van der Waals surface area contributed by atoms with Crippen molar-refractivity contribution in [3.8, 4) is 11.4 Å². The van der Waals surface area contributed by atoms with Gasteiger partial charge in [0.15, 0.2) is 5.82 Å². The number of aromatic nitrogens is 2. The van der Waals surface area contributed by atoms with Crippen LogP contribution in [-0.4, -0.2) is 42.7 Å². The molecule has 1 aromatic carbocycles. The van der Waals surface area contributed by atoms with Crippen LogP contribution in [0.3, 0.4) is 0 Å². The number of ether oxygens (including phenoxy) is 1. The molecule has 0 saturated heterocycles. The summed E-state index contributed by atoms with van der Waals surface area (Å²) < 4.78 is 4.99. The van der Waals surface area contributed by atoms with Gasteiger partial charge in [-0.05, 0) is 12.8 Å². The number of anilines is 1. The lowest BCUT2D eigenvalue weighted by molar-refractivity contribution is 0.0943. The maximum atomic E-state index is 12.4. The fourth-order valence-electron chi connectivity index (χ4n) is 2.27. The first kappa shape index (κ1) is 18.9. The van der Waals surface area contributed by atoms with Crippen LogP contribution in [0.5, 0.6) is 0 Å². The summed E-state index contributed by atoms with van der Waals surface area (Å²) in [5.74, 6) is 1.02. The number of carbonyl (C=O) groups excluding carboxylic acids is 1. The van der Waals surface area contributed by atoms with E-state index >= 15 is 0 Å². The summed E-state index contributed by atoms with van der Waals surface area (Å²) in [6.07, 6.45) is 2.90. The molecule has 0 aliphatic heterocycles. The highest BCUT2D eigenvalue weighted by molar-refractivity contribution is 5.93. The summed E-state index contributed by atoms with van der Waals surface area (Å²) in [5, 5.41) is 6.15. The first-order chi connectivity index (χ1) is 12.2. The van der Waals surface area contributed by atoms with Crippen molar-refractivity contribution < 1.29 is 9.53 Å². The topological polar surface area (TPSA) is 76.1 Å². The second kappa shape index (κ2) is 10.4. The van der Waals surface area contributed by atoms with Gasteiger partial charge in [-0.3, -0.25) is 4.79 Å². The smallest absolute Gasteiger partial charge is 0.270 e. The maximum Gasteiger partial charge on any atom is 0.270 e. The Labute approximate surface area is 149 Å². The molecule has 1 heterocycles. The molecule has 0 radical (unpaired) electrons. The molecule has 6 heteroatoms. The van der Waals surface area contributed by atoms with E-state index in [1.807, 2.05) is 30.3 Å². The molecule has 2 rings (SSSR count). The van der Waals surface area contributed by atoms with Crippen LogP contribution in [0.2, 0.25) is 0 Å². The highest BCUT2D eigenvalue weighted by Gasteiger charge is 2.12. The molecule has 0 fully saturated rings. The number of hydrogen-bond donors (Lipinski definition) is 2. The van der Waals surface area contributed by atoms with Crippen molar-refractivity contribution in [2.75, 3.05) is 32.1 Å². The molecule has 25 heavy (non-hydrogen) atoms. The fourth-order valence-corrected chi connectivity index (χ4v) is 2.27. The third kappa shape index (κ3) is 6.15. The van der Waals surface area contributed by atoms with E-state index in [2.05, 4.69) is 27.5 Å². The Balaban J connectivity index is 2.18. The molecule has 6 nitrogen and oxygen atoms in total. The van der Waals surface area contributed by atoms with Crippen LogP contribution in [0.25, 0.3) is 11.4 Å². The molecule has 0 aliphatic rings. The van der Waals surface area contributed by atoms with E-state index in [1.54, 1.807) is 13.2 Å². The monoisotopic (exact) mass is 342 g/mol. The van der Waals surface area contributed by atoms with E-state index < -0.39 is 0 Å². The standard InChI is InChI=1S/C19H26N4O2/c1-3-4-11-20-17-14-16(19(24)21-12-8-13-25-2)22-18(23-17)15-9-6-5-7-10-15/h5-7,9-10,14H,3-4,8,11-13H2,1-2H3,(H,21,24)(H,20,22,23). The quantitative estimate of drug-likeness (QED) is 0.649. The highest BCUT2D eigenvalue weighted by Crippen LogP contribution is 2.18. The summed E-state index contributed by atoms with van der Waals surface area (Å²) in [5.41, 5.74) is 1.25. The molecular formula is C19H26N4O2. The van der Waals surface area contributed by atoms with E-state index in [0.717, 1.165) is 31.4 Å². The zero-order valence-electron chi connectivity index (χ0n) is 14.9. The van der Waals surface area contributed by atoms with E-state index in [1.165, 1.54) is 0 Å². The minimum atomic E-state index is -0.200. The number of amides is 1. The van der Waals surface area contributed by atoms with Crippen LogP contribution in [0.4, 0.5) is 5.82 Å². The van der Waals surface area contributed by atoms with Crippen LogP contribution >= 0.6 is 0 Å². The number of carbonyl (C=O) groups is 1. The average molecular weight is 342 g/mol. The van der Waals surface area contributed by atoms with Gasteiger partial charge in [0.1, 0.15) is 11.5 Å². The number of nitrogens with one attached hydrogen (secondary N) is 2. The third-order valence-electron chi connectivity index (χ3n) is 3.64. The number of unbranched alkanes of at least 4 members (excludes halogenated alkanes) is 1. The molecule has 2 N–H and O–H groups in total.